The fourth-order valence-electron chi connectivity index (χ4n) is 2.79. The molecule has 3 aromatic carbocycles. The minimum absolute atomic E-state index is 0.270. The Hall–Kier alpha value is -3.60. The molecule has 0 aliphatic carbocycles. The topological polar surface area (TPSA) is 61.8 Å². The van der Waals surface area contributed by atoms with Gasteiger partial charge in [-0.05, 0) is 47.5 Å². The molecule has 0 saturated heterocycles. The lowest BCUT2D eigenvalue weighted by atomic mass is 10.0. The lowest BCUT2D eigenvalue weighted by Gasteiger charge is -2.11. The number of benzene rings is 3. The minimum atomic E-state index is -0.485. The second-order valence-electron chi connectivity index (χ2n) is 5.91. The maximum atomic E-state index is 12.8. The van der Waals surface area contributed by atoms with E-state index in [-0.39, 0.29) is 5.75 Å². The van der Waals surface area contributed by atoms with Crippen molar-refractivity contribution >= 4 is 28.8 Å². The van der Waals surface area contributed by atoms with Gasteiger partial charge >= 0.3 is 11.9 Å². The van der Waals surface area contributed by atoms with Gasteiger partial charge in [-0.2, -0.15) is 0 Å². The molecule has 0 aliphatic rings. The van der Waals surface area contributed by atoms with Crippen molar-refractivity contribution in [2.24, 2.45) is 0 Å². The van der Waals surface area contributed by atoms with E-state index in [1.807, 2.05) is 36.4 Å². The van der Waals surface area contributed by atoms with E-state index in [1.165, 1.54) is 13.2 Å². The lowest BCUT2D eigenvalue weighted by Crippen LogP contribution is -2.10. The number of hydrogen-bond acceptors (Lipinski definition) is 5. The molecule has 0 atom stereocenters. The molecule has 3 aromatic rings. The molecule has 0 fully saturated rings. The lowest BCUT2D eigenvalue weighted by molar-refractivity contribution is -0.137. The first kappa shape index (κ1) is 19.2. The number of hydrogen-bond donors (Lipinski definition) is 0. The fraction of sp³-hybridized carbons (Fsp3) is 0.130. The van der Waals surface area contributed by atoms with Crippen molar-refractivity contribution in [3.05, 3.63) is 77.9 Å². The Morgan fingerprint density at radius 3 is 2.54 bits per heavy atom. The highest BCUT2D eigenvalue weighted by Crippen LogP contribution is 2.30. The van der Waals surface area contributed by atoms with Gasteiger partial charge in [-0.3, -0.25) is 0 Å². The number of carbonyl (C=O) groups is 2. The average Bonchev–Trinajstić information content (AvgIpc) is 2.72. The van der Waals surface area contributed by atoms with Crippen molar-refractivity contribution in [3.63, 3.8) is 0 Å². The number of carbonyl (C=O) groups excluding carboxylic acids is 2. The van der Waals surface area contributed by atoms with Gasteiger partial charge in [-0.1, -0.05) is 42.5 Å². The molecular weight excluding hydrogens is 356 g/mol. The summed E-state index contributed by atoms with van der Waals surface area (Å²) in [7, 11) is 1.50. The summed E-state index contributed by atoms with van der Waals surface area (Å²) in [6.45, 7) is 2.05. The van der Waals surface area contributed by atoms with E-state index < -0.39 is 11.9 Å². The van der Waals surface area contributed by atoms with Gasteiger partial charge in [0.05, 0.1) is 19.3 Å². The predicted octanol–water partition coefficient (Wildman–Crippen LogP) is 4.64. The van der Waals surface area contributed by atoms with Crippen LogP contribution in [0.5, 0.6) is 11.5 Å². The third kappa shape index (κ3) is 4.38. The average molecular weight is 376 g/mol. The molecule has 0 saturated carbocycles. The number of rotatable bonds is 6. The standard InChI is InChI=1S/C23H20O5/c1-3-27-22(24)14-12-16-11-13-20(26-2)21(15-16)28-23(25)19-10-6-8-17-7-4-5-9-18(17)19/h4-15H,3H2,1-2H3/b14-12+. The molecule has 28 heavy (non-hydrogen) atoms. The van der Waals surface area contributed by atoms with Crippen LogP contribution in [0.4, 0.5) is 0 Å². The summed E-state index contributed by atoms with van der Waals surface area (Å²) in [5.74, 6) is -0.234. The Morgan fingerprint density at radius 1 is 0.964 bits per heavy atom. The summed E-state index contributed by atoms with van der Waals surface area (Å²) >= 11 is 0. The molecule has 0 spiro atoms. The Kier molecular flexibility index (Phi) is 6.07. The van der Waals surface area contributed by atoms with Crippen molar-refractivity contribution in [2.75, 3.05) is 13.7 Å². The number of ether oxygens (including phenoxy) is 3. The van der Waals surface area contributed by atoms with Crippen molar-refractivity contribution in [1.29, 1.82) is 0 Å². The van der Waals surface area contributed by atoms with Crippen molar-refractivity contribution in [3.8, 4) is 11.5 Å². The van der Waals surface area contributed by atoms with E-state index in [4.69, 9.17) is 14.2 Å². The number of esters is 2. The van der Waals surface area contributed by atoms with Gasteiger partial charge in [0.15, 0.2) is 11.5 Å². The van der Waals surface area contributed by atoms with E-state index >= 15 is 0 Å². The van der Waals surface area contributed by atoms with Crippen molar-refractivity contribution < 1.29 is 23.8 Å². The van der Waals surface area contributed by atoms with Crippen LogP contribution in [0.25, 0.3) is 16.8 Å². The monoisotopic (exact) mass is 376 g/mol. The number of fused-ring (bicyclic) bond motifs is 1. The number of methoxy groups -OCH3 is 1. The molecule has 0 amide bonds. The summed E-state index contributed by atoms with van der Waals surface area (Å²) in [4.78, 5) is 24.3. The quantitative estimate of drug-likeness (QED) is 0.356. The Bertz CT molecular complexity index is 1030. The van der Waals surface area contributed by atoms with Gasteiger partial charge < -0.3 is 14.2 Å². The molecule has 0 N–H and O–H groups in total. The van der Waals surface area contributed by atoms with Crippen LogP contribution in [-0.4, -0.2) is 25.7 Å². The Balaban J connectivity index is 1.89. The van der Waals surface area contributed by atoms with Crippen LogP contribution < -0.4 is 9.47 Å². The van der Waals surface area contributed by atoms with Crippen LogP contribution in [0.1, 0.15) is 22.8 Å². The zero-order chi connectivity index (χ0) is 19.9. The highest BCUT2D eigenvalue weighted by Gasteiger charge is 2.15. The molecule has 0 unspecified atom stereocenters. The van der Waals surface area contributed by atoms with Gasteiger partial charge in [0.25, 0.3) is 0 Å². The van der Waals surface area contributed by atoms with Crippen molar-refractivity contribution in [1.82, 2.24) is 0 Å². The largest absolute Gasteiger partial charge is 0.493 e. The second kappa shape index (κ2) is 8.86. The first-order valence-electron chi connectivity index (χ1n) is 8.85. The van der Waals surface area contributed by atoms with Gasteiger partial charge in [0, 0.05) is 6.08 Å². The maximum absolute atomic E-state index is 12.8. The molecule has 0 heterocycles. The smallest absolute Gasteiger partial charge is 0.344 e. The summed E-state index contributed by atoms with van der Waals surface area (Å²) in [5.41, 5.74) is 1.14. The van der Waals surface area contributed by atoms with E-state index in [2.05, 4.69) is 0 Å². The molecule has 0 radical (unpaired) electrons. The molecular formula is C23H20O5. The van der Waals surface area contributed by atoms with Crippen LogP contribution in [0.15, 0.2) is 66.7 Å². The van der Waals surface area contributed by atoms with Gasteiger partial charge in [-0.25, -0.2) is 9.59 Å². The zero-order valence-corrected chi connectivity index (χ0v) is 15.7. The SMILES string of the molecule is CCOC(=O)/C=C/c1ccc(OC)c(OC(=O)c2cccc3ccccc23)c1. The van der Waals surface area contributed by atoms with Crippen LogP contribution in [-0.2, 0) is 9.53 Å². The van der Waals surface area contributed by atoms with E-state index in [9.17, 15) is 9.59 Å². The van der Waals surface area contributed by atoms with E-state index in [1.54, 1.807) is 37.3 Å². The summed E-state index contributed by atoms with van der Waals surface area (Å²) in [5, 5.41) is 1.77. The molecule has 3 rings (SSSR count). The van der Waals surface area contributed by atoms with Crippen LogP contribution in [0, 0.1) is 0 Å². The summed E-state index contributed by atoms with van der Waals surface area (Å²) < 4.78 is 15.8. The first-order valence-corrected chi connectivity index (χ1v) is 8.85. The van der Waals surface area contributed by atoms with Gasteiger partial charge in [-0.15, -0.1) is 0 Å². The molecule has 0 aliphatic heterocycles. The minimum Gasteiger partial charge on any atom is -0.493 e. The third-order valence-corrected chi connectivity index (χ3v) is 4.10. The highest BCUT2D eigenvalue weighted by atomic mass is 16.6. The van der Waals surface area contributed by atoms with E-state index in [0.29, 0.717) is 23.5 Å². The second-order valence-corrected chi connectivity index (χ2v) is 5.91. The Morgan fingerprint density at radius 2 is 1.75 bits per heavy atom. The highest BCUT2D eigenvalue weighted by molar-refractivity contribution is 6.05. The molecule has 0 bridgehead atoms. The van der Waals surface area contributed by atoms with Crippen LogP contribution in [0.2, 0.25) is 0 Å². The first-order chi connectivity index (χ1) is 13.6. The van der Waals surface area contributed by atoms with Crippen LogP contribution >= 0.6 is 0 Å². The molecule has 5 nitrogen and oxygen atoms in total. The molecule has 5 heteroatoms. The molecule has 142 valence electrons. The fourth-order valence-corrected chi connectivity index (χ4v) is 2.79. The predicted molar refractivity (Wildman–Crippen MR) is 108 cm³/mol. The van der Waals surface area contributed by atoms with Crippen molar-refractivity contribution in [2.45, 2.75) is 6.92 Å². The van der Waals surface area contributed by atoms with Gasteiger partial charge in [0.1, 0.15) is 0 Å². The van der Waals surface area contributed by atoms with Crippen LogP contribution in [0.3, 0.4) is 0 Å². The van der Waals surface area contributed by atoms with Gasteiger partial charge in [0.2, 0.25) is 0 Å². The zero-order valence-electron chi connectivity index (χ0n) is 15.7. The third-order valence-electron chi connectivity index (χ3n) is 4.10. The Labute approximate surface area is 163 Å². The summed E-state index contributed by atoms with van der Waals surface area (Å²) in [6, 6.07) is 18.2. The van der Waals surface area contributed by atoms with E-state index in [0.717, 1.165) is 10.8 Å². The maximum Gasteiger partial charge on any atom is 0.344 e. The summed E-state index contributed by atoms with van der Waals surface area (Å²) in [6.07, 6.45) is 2.91. The molecule has 0 aromatic heterocycles. The normalized spacial score (nSPS) is 10.8.